The van der Waals surface area contributed by atoms with E-state index in [4.69, 9.17) is 11.5 Å². The van der Waals surface area contributed by atoms with Crippen molar-refractivity contribution in [1.82, 2.24) is 0 Å². The zero-order chi connectivity index (χ0) is 10.5. The molecule has 2 unspecified atom stereocenters. The molecule has 15 heavy (non-hydrogen) atoms. The normalized spacial score (nSPS) is 36.0. The molecule has 0 spiro atoms. The minimum Gasteiger partial charge on any atom is -0.312 e. The van der Waals surface area contributed by atoms with Crippen LogP contribution in [0.4, 0.5) is 0 Å². The highest BCUT2D eigenvalue weighted by Gasteiger charge is 2.63. The van der Waals surface area contributed by atoms with E-state index in [9.17, 15) is 0 Å². The van der Waals surface area contributed by atoms with Crippen molar-refractivity contribution in [2.45, 2.75) is 22.1 Å². The molecule has 1 aliphatic carbocycles. The molecule has 1 saturated heterocycles. The maximum absolute atomic E-state index is 6.09. The molecule has 1 aliphatic heterocycles. The predicted octanol–water partition coefficient (Wildman–Crippen LogP) is 1.57. The molecule has 2 nitrogen and oxygen atoms in total. The third-order valence-electron chi connectivity index (χ3n) is 3.20. The first-order valence-electron chi connectivity index (χ1n) is 5.14. The molecule has 2 aliphatic rings. The lowest BCUT2D eigenvalue weighted by Crippen LogP contribution is -2.56. The van der Waals surface area contributed by atoms with Crippen molar-refractivity contribution in [1.29, 1.82) is 0 Å². The minimum atomic E-state index is -0.546. The lowest BCUT2D eigenvalue weighted by atomic mass is 9.83. The second-order valence-corrected chi connectivity index (χ2v) is 5.76. The van der Waals surface area contributed by atoms with Gasteiger partial charge in [-0.3, -0.25) is 0 Å². The number of hydrogen-bond donors (Lipinski definition) is 2. The standard InChI is InChI=1S/C12H14N2S/c13-12(14)8-4-7-11(10(12)15-11)9-5-2-1-3-6-9/h1-7,10H,8,13-14H2. The summed E-state index contributed by atoms with van der Waals surface area (Å²) in [7, 11) is 0. The van der Waals surface area contributed by atoms with E-state index in [1.165, 1.54) is 5.56 Å². The quantitative estimate of drug-likeness (QED) is 0.427. The summed E-state index contributed by atoms with van der Waals surface area (Å²) in [4.78, 5) is 0. The third kappa shape index (κ3) is 1.27. The summed E-state index contributed by atoms with van der Waals surface area (Å²) in [6.45, 7) is 0. The Balaban J connectivity index is 2.03. The van der Waals surface area contributed by atoms with Gasteiger partial charge >= 0.3 is 0 Å². The molecule has 3 rings (SSSR count). The first-order valence-corrected chi connectivity index (χ1v) is 6.02. The number of rotatable bonds is 1. The van der Waals surface area contributed by atoms with Gasteiger partial charge in [0.1, 0.15) is 0 Å². The Morgan fingerprint density at radius 3 is 2.67 bits per heavy atom. The van der Waals surface area contributed by atoms with Gasteiger partial charge in [0.25, 0.3) is 0 Å². The van der Waals surface area contributed by atoms with E-state index in [-0.39, 0.29) is 4.75 Å². The average molecular weight is 218 g/mol. The first-order chi connectivity index (χ1) is 7.15. The molecule has 0 amide bonds. The second kappa shape index (κ2) is 2.88. The highest BCUT2D eigenvalue weighted by atomic mass is 32.2. The van der Waals surface area contributed by atoms with E-state index in [0.717, 1.165) is 6.42 Å². The van der Waals surface area contributed by atoms with Gasteiger partial charge in [-0.15, -0.1) is 11.8 Å². The van der Waals surface area contributed by atoms with Crippen LogP contribution in [-0.4, -0.2) is 10.9 Å². The fraction of sp³-hybridized carbons (Fsp3) is 0.333. The summed E-state index contributed by atoms with van der Waals surface area (Å²) in [6.07, 6.45) is 5.15. The van der Waals surface area contributed by atoms with Crippen LogP contribution in [0.5, 0.6) is 0 Å². The molecule has 0 bridgehead atoms. The summed E-state index contributed by atoms with van der Waals surface area (Å²) in [5.41, 5.74) is 13.0. The summed E-state index contributed by atoms with van der Waals surface area (Å²) in [6, 6.07) is 10.5. The maximum Gasteiger partial charge on any atom is 0.0814 e. The zero-order valence-electron chi connectivity index (χ0n) is 8.39. The van der Waals surface area contributed by atoms with Crippen molar-refractivity contribution in [2.24, 2.45) is 11.5 Å². The lowest BCUT2D eigenvalue weighted by Gasteiger charge is -2.28. The Labute approximate surface area is 93.7 Å². The van der Waals surface area contributed by atoms with Crippen LogP contribution < -0.4 is 11.5 Å². The molecule has 2 atom stereocenters. The van der Waals surface area contributed by atoms with Crippen LogP contribution >= 0.6 is 11.8 Å². The van der Waals surface area contributed by atoms with E-state index in [1.54, 1.807) is 0 Å². The molecule has 3 heteroatoms. The smallest absolute Gasteiger partial charge is 0.0814 e. The van der Waals surface area contributed by atoms with Gasteiger partial charge < -0.3 is 11.5 Å². The van der Waals surface area contributed by atoms with Crippen molar-refractivity contribution in [3.8, 4) is 0 Å². The van der Waals surface area contributed by atoms with Crippen molar-refractivity contribution in [2.75, 3.05) is 0 Å². The molecule has 4 N–H and O–H groups in total. The topological polar surface area (TPSA) is 52.0 Å². The van der Waals surface area contributed by atoms with Gasteiger partial charge in [-0.2, -0.15) is 0 Å². The van der Waals surface area contributed by atoms with Gasteiger partial charge in [0.15, 0.2) is 0 Å². The average Bonchev–Trinajstić information content (AvgIpc) is 2.96. The Bertz CT molecular complexity index is 413. The highest BCUT2D eigenvalue weighted by molar-refractivity contribution is 8.08. The second-order valence-electron chi connectivity index (χ2n) is 4.38. The predicted molar refractivity (Wildman–Crippen MR) is 64.4 cm³/mol. The highest BCUT2D eigenvalue weighted by Crippen LogP contribution is 2.66. The number of fused-ring (bicyclic) bond motifs is 1. The number of hydrogen-bond acceptors (Lipinski definition) is 3. The number of nitrogens with two attached hydrogens (primary N) is 2. The van der Waals surface area contributed by atoms with E-state index >= 15 is 0 Å². The van der Waals surface area contributed by atoms with Crippen LogP contribution in [0.15, 0.2) is 42.5 Å². The van der Waals surface area contributed by atoms with Crippen molar-refractivity contribution >= 4 is 11.8 Å². The summed E-state index contributed by atoms with van der Waals surface area (Å²) in [5.74, 6) is 0. The fourth-order valence-electron chi connectivity index (χ4n) is 2.36. The maximum atomic E-state index is 6.09. The van der Waals surface area contributed by atoms with Crippen LogP contribution in [0.2, 0.25) is 0 Å². The molecule has 78 valence electrons. The largest absolute Gasteiger partial charge is 0.312 e. The first kappa shape index (κ1) is 9.46. The zero-order valence-corrected chi connectivity index (χ0v) is 9.21. The molecule has 0 radical (unpaired) electrons. The van der Waals surface area contributed by atoms with Crippen LogP contribution in [0.1, 0.15) is 12.0 Å². The van der Waals surface area contributed by atoms with Gasteiger partial charge in [0, 0.05) is 0 Å². The molecule has 1 aromatic carbocycles. The van der Waals surface area contributed by atoms with E-state index in [2.05, 4.69) is 36.4 Å². The van der Waals surface area contributed by atoms with Gasteiger partial charge in [-0.25, -0.2) is 0 Å². The number of thioether (sulfide) groups is 1. The Hall–Kier alpha value is -0.770. The van der Waals surface area contributed by atoms with Crippen LogP contribution in [-0.2, 0) is 4.75 Å². The molecule has 0 aromatic heterocycles. The van der Waals surface area contributed by atoms with Crippen molar-refractivity contribution in [3.05, 3.63) is 48.0 Å². The van der Waals surface area contributed by atoms with E-state index in [1.807, 2.05) is 17.8 Å². The van der Waals surface area contributed by atoms with E-state index in [0.29, 0.717) is 5.25 Å². The number of benzene rings is 1. The molecule has 1 fully saturated rings. The van der Waals surface area contributed by atoms with Crippen molar-refractivity contribution < 1.29 is 0 Å². The molecule has 1 heterocycles. The Morgan fingerprint density at radius 2 is 1.93 bits per heavy atom. The molecule has 0 saturated carbocycles. The monoisotopic (exact) mass is 218 g/mol. The summed E-state index contributed by atoms with van der Waals surface area (Å²) in [5, 5.41) is 0.331. The van der Waals surface area contributed by atoms with E-state index < -0.39 is 5.66 Å². The summed E-state index contributed by atoms with van der Waals surface area (Å²) < 4.78 is 0.0585. The van der Waals surface area contributed by atoms with Crippen LogP contribution in [0.25, 0.3) is 0 Å². The lowest BCUT2D eigenvalue weighted by molar-refractivity contribution is 0.416. The molecular weight excluding hydrogens is 204 g/mol. The van der Waals surface area contributed by atoms with Crippen molar-refractivity contribution in [3.63, 3.8) is 0 Å². The van der Waals surface area contributed by atoms with Gasteiger partial charge in [-0.05, 0) is 12.0 Å². The molecule has 1 aromatic rings. The SMILES string of the molecule is NC1(N)CC=CC2(c3ccccc3)SC12. The summed E-state index contributed by atoms with van der Waals surface area (Å²) >= 11 is 1.87. The van der Waals surface area contributed by atoms with Gasteiger partial charge in [0.2, 0.25) is 0 Å². The third-order valence-corrected chi connectivity index (χ3v) is 4.99. The fourth-order valence-corrected chi connectivity index (χ4v) is 3.87. The Kier molecular flexibility index (Phi) is 1.81. The van der Waals surface area contributed by atoms with Crippen LogP contribution in [0, 0.1) is 0 Å². The minimum absolute atomic E-state index is 0.0585. The Morgan fingerprint density at radius 1 is 1.20 bits per heavy atom. The van der Waals surface area contributed by atoms with Crippen LogP contribution in [0.3, 0.4) is 0 Å². The molecular formula is C12H14N2S. The van der Waals surface area contributed by atoms with Gasteiger partial charge in [0.05, 0.1) is 15.7 Å². The van der Waals surface area contributed by atoms with Gasteiger partial charge in [-0.1, -0.05) is 42.5 Å².